The standard InChI is InChI=1S/C6H6N2.2W/c1-2-4-8-5-3-7-6-8;;/h2-5H,1H2;;/q-2;;+2/b4-2-;;. The van der Waals surface area contributed by atoms with Crippen LogP contribution in [0.1, 0.15) is 0 Å². The van der Waals surface area contributed by atoms with Crippen LogP contribution in [0.2, 0.25) is 0 Å². The van der Waals surface area contributed by atoms with Gasteiger partial charge in [0.25, 0.3) is 0 Å². The first kappa shape index (κ1) is 12.8. The fraction of sp³-hybridized carbons (Fsp3) is 0. The Morgan fingerprint density at radius 2 is 2.30 bits per heavy atom. The van der Waals surface area contributed by atoms with Crippen molar-refractivity contribution in [3.05, 3.63) is 31.7 Å². The van der Waals surface area contributed by atoms with Crippen LogP contribution in [0.4, 0.5) is 0 Å². The van der Waals surface area contributed by atoms with E-state index < -0.39 is 0 Å². The monoisotopic (exact) mass is 474 g/mol. The van der Waals surface area contributed by atoms with Crippen molar-refractivity contribution in [3.8, 4) is 0 Å². The summed E-state index contributed by atoms with van der Waals surface area (Å²) < 4.78 is 1.70. The number of nitrogens with zero attached hydrogens (tertiary/aromatic N) is 2. The summed E-state index contributed by atoms with van der Waals surface area (Å²) in [6.45, 7) is 3.51. The molecule has 4 heteroatoms. The Balaban J connectivity index is 0. The van der Waals surface area contributed by atoms with Crippen LogP contribution in [0.3, 0.4) is 0 Å². The summed E-state index contributed by atoms with van der Waals surface area (Å²) in [7, 11) is 0. The molecule has 1 aromatic heterocycles. The number of allylic oxidation sites excluding steroid dienone is 1. The normalized spacial score (nSPS) is 8.40. The largest absolute Gasteiger partial charge is 2.00 e. The Bertz CT molecular complexity index is 170. The summed E-state index contributed by atoms with van der Waals surface area (Å²) >= 11 is 0. The first-order chi connectivity index (χ1) is 3.93. The van der Waals surface area contributed by atoms with Gasteiger partial charge in [0.15, 0.2) is 0 Å². The van der Waals surface area contributed by atoms with Gasteiger partial charge in [0, 0.05) is 27.4 Å². The van der Waals surface area contributed by atoms with Crippen molar-refractivity contribution >= 4 is 6.20 Å². The van der Waals surface area contributed by atoms with Crippen LogP contribution in [0.15, 0.2) is 18.5 Å². The zero-order valence-electron chi connectivity index (χ0n) is 5.23. The van der Waals surface area contributed by atoms with Gasteiger partial charge in [-0.2, -0.15) is 6.08 Å². The predicted molar refractivity (Wildman–Crippen MR) is 31.7 cm³/mol. The number of hydrogen-bond donors (Lipinski definition) is 0. The van der Waals surface area contributed by atoms with Crippen LogP contribution >= 0.6 is 0 Å². The summed E-state index contributed by atoms with van der Waals surface area (Å²) in [6, 6.07) is 0. The molecule has 1 rings (SSSR count). The zero-order chi connectivity index (χ0) is 5.82. The van der Waals surface area contributed by atoms with E-state index in [0.717, 1.165) is 0 Å². The van der Waals surface area contributed by atoms with Gasteiger partial charge in [-0.25, -0.2) is 6.92 Å². The van der Waals surface area contributed by atoms with Crippen LogP contribution in [0, 0.1) is 13.3 Å². The quantitative estimate of drug-likeness (QED) is 0.556. The third-order valence-electron chi connectivity index (χ3n) is 0.741. The molecule has 52 valence electrons. The second-order valence-corrected chi connectivity index (χ2v) is 1.32. The Labute approximate surface area is 89.3 Å². The summed E-state index contributed by atoms with van der Waals surface area (Å²) in [5.41, 5.74) is 0. The second-order valence-electron chi connectivity index (χ2n) is 1.32. The van der Waals surface area contributed by atoms with Crippen molar-refractivity contribution in [2.45, 2.75) is 0 Å². The van der Waals surface area contributed by atoms with E-state index in [1.807, 2.05) is 0 Å². The number of aromatic nitrogens is 2. The molecule has 0 aliphatic heterocycles. The number of rotatable bonds is 1. The molecule has 0 spiro atoms. The van der Waals surface area contributed by atoms with Gasteiger partial charge in [-0.1, -0.05) is 18.6 Å². The SMILES string of the molecule is [CH2-]/C=C\n1[c-]ncc1.[W+2].[W]. The molecule has 0 unspecified atom stereocenters. The maximum absolute atomic E-state index is 3.70. The molecule has 0 saturated heterocycles. The molecule has 0 fully saturated rings. The molecular weight excluding hydrogens is 468 g/mol. The molecule has 1 aromatic rings. The fourth-order valence-electron chi connectivity index (χ4n) is 0.435. The minimum atomic E-state index is 0. The first-order valence-electron chi connectivity index (χ1n) is 2.30. The molecule has 10 heavy (non-hydrogen) atoms. The topological polar surface area (TPSA) is 17.8 Å². The second kappa shape index (κ2) is 7.31. The van der Waals surface area contributed by atoms with E-state index in [0.29, 0.717) is 0 Å². The van der Waals surface area contributed by atoms with E-state index in [-0.39, 0.29) is 42.1 Å². The minimum Gasteiger partial charge on any atom is -0.440 e. The summed E-state index contributed by atoms with van der Waals surface area (Å²) in [5.74, 6) is 0. The zero-order valence-corrected chi connectivity index (χ0v) is 11.1. The van der Waals surface area contributed by atoms with Crippen molar-refractivity contribution in [3.63, 3.8) is 0 Å². The predicted octanol–water partition coefficient (Wildman–Crippen LogP) is 0.983. The number of imidazole rings is 1. The van der Waals surface area contributed by atoms with Gasteiger partial charge in [0.2, 0.25) is 0 Å². The van der Waals surface area contributed by atoms with Gasteiger partial charge < -0.3 is 9.55 Å². The van der Waals surface area contributed by atoms with Gasteiger partial charge in [-0.05, 0) is 0 Å². The van der Waals surface area contributed by atoms with Crippen molar-refractivity contribution < 1.29 is 42.1 Å². The van der Waals surface area contributed by atoms with Crippen molar-refractivity contribution in [1.82, 2.24) is 9.55 Å². The molecule has 0 amide bonds. The summed E-state index contributed by atoms with van der Waals surface area (Å²) in [5, 5.41) is 0. The van der Waals surface area contributed by atoms with Gasteiger partial charge in [0.1, 0.15) is 0 Å². The molecule has 0 aliphatic carbocycles. The van der Waals surface area contributed by atoms with Crippen LogP contribution in [0.5, 0.6) is 0 Å². The summed E-state index contributed by atoms with van der Waals surface area (Å²) in [6.07, 6.45) is 9.59. The van der Waals surface area contributed by atoms with E-state index in [1.54, 1.807) is 29.2 Å². The van der Waals surface area contributed by atoms with E-state index in [1.165, 1.54) is 0 Å². The molecule has 2 nitrogen and oxygen atoms in total. The molecule has 0 bridgehead atoms. The Morgan fingerprint density at radius 3 is 2.70 bits per heavy atom. The van der Waals surface area contributed by atoms with E-state index in [4.69, 9.17) is 0 Å². The molecule has 0 aliphatic rings. The van der Waals surface area contributed by atoms with E-state index in [2.05, 4.69) is 18.2 Å². The van der Waals surface area contributed by atoms with Gasteiger partial charge >= 0.3 is 21.1 Å². The van der Waals surface area contributed by atoms with Crippen LogP contribution in [-0.2, 0) is 42.1 Å². The van der Waals surface area contributed by atoms with Gasteiger partial charge in [-0.15, -0.1) is 0 Å². The maximum atomic E-state index is 3.70. The van der Waals surface area contributed by atoms with E-state index in [9.17, 15) is 0 Å². The average Bonchev–Trinajstić information content (AvgIpc) is 2.19. The van der Waals surface area contributed by atoms with Gasteiger partial charge in [0.05, 0.1) is 0 Å². The Kier molecular flexibility index (Phi) is 9.38. The molecule has 0 radical (unpaired) electrons. The Hall–Kier alpha value is 0.197. The number of hydrogen-bond acceptors (Lipinski definition) is 1. The van der Waals surface area contributed by atoms with Crippen LogP contribution in [0.25, 0.3) is 6.20 Å². The average molecular weight is 474 g/mol. The maximum Gasteiger partial charge on any atom is 2.00 e. The molecule has 0 N–H and O–H groups in total. The smallest absolute Gasteiger partial charge is 0.440 e. The molecule has 1 heterocycles. The minimum absolute atomic E-state index is 0. The van der Waals surface area contributed by atoms with E-state index >= 15 is 0 Å². The molecule has 0 atom stereocenters. The molecule has 0 aromatic carbocycles. The molecule has 0 saturated carbocycles. The third kappa shape index (κ3) is 4.08. The summed E-state index contributed by atoms with van der Waals surface area (Å²) in [4.78, 5) is 3.70. The van der Waals surface area contributed by atoms with Crippen molar-refractivity contribution in [1.29, 1.82) is 0 Å². The van der Waals surface area contributed by atoms with Crippen LogP contribution < -0.4 is 0 Å². The fourth-order valence-corrected chi connectivity index (χ4v) is 0.435. The van der Waals surface area contributed by atoms with Crippen molar-refractivity contribution in [2.75, 3.05) is 0 Å². The third-order valence-corrected chi connectivity index (χ3v) is 0.741. The van der Waals surface area contributed by atoms with Crippen molar-refractivity contribution in [2.24, 2.45) is 0 Å². The molecular formula is C6H6N2W2. The van der Waals surface area contributed by atoms with Crippen LogP contribution in [-0.4, -0.2) is 9.55 Å². The first-order valence-corrected chi connectivity index (χ1v) is 2.30. The van der Waals surface area contributed by atoms with Gasteiger partial charge in [-0.3, -0.25) is 0 Å². The Morgan fingerprint density at radius 1 is 1.60 bits per heavy atom.